The molecule has 0 bridgehead atoms. The van der Waals surface area contributed by atoms with Gasteiger partial charge < -0.3 is 15.3 Å². The van der Waals surface area contributed by atoms with Crippen LogP contribution in [-0.2, 0) is 20.1 Å². The third-order valence-corrected chi connectivity index (χ3v) is 6.44. The van der Waals surface area contributed by atoms with Crippen LogP contribution in [0.15, 0.2) is 47.3 Å². The number of rotatable bonds is 5. The van der Waals surface area contributed by atoms with Crippen LogP contribution in [0, 0.1) is 11.6 Å². The minimum absolute atomic E-state index is 0.0168. The third-order valence-electron chi connectivity index (χ3n) is 6.23. The number of hydrogen-bond donors (Lipinski definition) is 2. The Balaban J connectivity index is 1.60. The third kappa shape index (κ3) is 4.13. The van der Waals surface area contributed by atoms with Crippen LogP contribution in [0.1, 0.15) is 40.1 Å². The minimum atomic E-state index is -1.28. The highest BCUT2D eigenvalue weighted by atomic mass is 35.5. The van der Waals surface area contributed by atoms with Crippen molar-refractivity contribution < 1.29 is 18.7 Å². The summed E-state index contributed by atoms with van der Waals surface area (Å²) in [5, 5.41) is 12.6. The summed E-state index contributed by atoms with van der Waals surface area (Å²) in [6, 6.07) is 9.20. The molecule has 2 aromatic carbocycles. The molecule has 1 atom stereocenters. The standard InChI is InChI=1S/C25H20ClF2N5O3/c1-12(29-19-5-6-20(26)30-22(19)24(35)36)17-8-16(28)9-18-21(17)31-25(32(2)23(18)34)33-10-13-3-4-15(27)7-14(13)11-33/h3-9,12,29H,10-11H2,1-2H3,(H,35,36)/t12-/m1/s1. The number of carboxylic acid groups (broad SMARTS) is 1. The van der Waals surface area contributed by atoms with Crippen molar-refractivity contribution in [3.8, 4) is 0 Å². The Kier molecular flexibility index (Phi) is 5.83. The number of carbonyl (C=O) groups is 1. The zero-order chi connectivity index (χ0) is 25.7. The number of aromatic nitrogens is 3. The normalized spacial score (nSPS) is 13.6. The molecule has 0 amide bonds. The van der Waals surface area contributed by atoms with Gasteiger partial charge in [-0.1, -0.05) is 17.7 Å². The van der Waals surface area contributed by atoms with E-state index in [4.69, 9.17) is 16.6 Å². The summed E-state index contributed by atoms with van der Waals surface area (Å²) >= 11 is 5.84. The quantitative estimate of drug-likeness (QED) is 0.376. The van der Waals surface area contributed by atoms with Gasteiger partial charge in [-0.15, -0.1) is 0 Å². The van der Waals surface area contributed by atoms with Crippen LogP contribution < -0.4 is 15.8 Å². The Morgan fingerprint density at radius 2 is 1.83 bits per heavy atom. The molecule has 0 unspecified atom stereocenters. The highest BCUT2D eigenvalue weighted by Crippen LogP contribution is 2.31. The molecule has 36 heavy (non-hydrogen) atoms. The molecule has 4 aromatic rings. The van der Waals surface area contributed by atoms with E-state index in [0.717, 1.165) is 17.2 Å². The number of halogens is 3. The molecular weight excluding hydrogens is 492 g/mol. The van der Waals surface area contributed by atoms with E-state index in [2.05, 4.69) is 10.3 Å². The lowest BCUT2D eigenvalue weighted by Crippen LogP contribution is -2.28. The van der Waals surface area contributed by atoms with Gasteiger partial charge in [0.05, 0.1) is 22.6 Å². The second-order valence-electron chi connectivity index (χ2n) is 8.64. The summed E-state index contributed by atoms with van der Waals surface area (Å²) in [5.41, 5.74) is 1.81. The van der Waals surface area contributed by atoms with E-state index < -0.39 is 23.4 Å². The lowest BCUT2D eigenvalue weighted by Gasteiger charge is -2.22. The largest absolute Gasteiger partial charge is 0.476 e. The van der Waals surface area contributed by atoms with Gasteiger partial charge in [0.1, 0.15) is 16.8 Å². The number of fused-ring (bicyclic) bond motifs is 2. The van der Waals surface area contributed by atoms with Crippen LogP contribution in [0.25, 0.3) is 10.9 Å². The first-order valence-corrected chi connectivity index (χ1v) is 11.4. The Hall–Kier alpha value is -4.05. The van der Waals surface area contributed by atoms with Crippen molar-refractivity contribution in [1.82, 2.24) is 14.5 Å². The van der Waals surface area contributed by atoms with Crippen molar-refractivity contribution in [2.45, 2.75) is 26.1 Å². The first kappa shape index (κ1) is 23.7. The van der Waals surface area contributed by atoms with Gasteiger partial charge in [-0.05, 0) is 54.4 Å². The van der Waals surface area contributed by atoms with Gasteiger partial charge in [-0.2, -0.15) is 0 Å². The van der Waals surface area contributed by atoms with Gasteiger partial charge in [0.25, 0.3) is 5.56 Å². The second kappa shape index (κ2) is 8.87. The average Bonchev–Trinajstić information content (AvgIpc) is 3.25. The van der Waals surface area contributed by atoms with Crippen molar-refractivity contribution in [1.29, 1.82) is 0 Å². The van der Waals surface area contributed by atoms with E-state index in [-0.39, 0.29) is 33.3 Å². The second-order valence-corrected chi connectivity index (χ2v) is 9.02. The number of aromatic carboxylic acids is 1. The highest BCUT2D eigenvalue weighted by molar-refractivity contribution is 6.29. The predicted octanol–water partition coefficient (Wildman–Crippen LogP) is 4.65. The first-order chi connectivity index (χ1) is 17.1. The Labute approximate surface area is 208 Å². The van der Waals surface area contributed by atoms with Crippen LogP contribution in [0.5, 0.6) is 0 Å². The maximum atomic E-state index is 14.6. The lowest BCUT2D eigenvalue weighted by molar-refractivity contribution is 0.0691. The number of nitrogens with one attached hydrogen (secondary N) is 1. The molecular formula is C25H20ClF2N5O3. The van der Waals surface area contributed by atoms with E-state index in [0.29, 0.717) is 24.6 Å². The zero-order valence-corrected chi connectivity index (χ0v) is 20.0. The number of hydrogen-bond acceptors (Lipinski definition) is 6. The molecule has 184 valence electrons. The maximum absolute atomic E-state index is 14.6. The Morgan fingerprint density at radius 3 is 2.58 bits per heavy atom. The zero-order valence-electron chi connectivity index (χ0n) is 19.2. The van der Waals surface area contributed by atoms with E-state index in [1.165, 1.54) is 34.9 Å². The molecule has 3 heterocycles. The highest BCUT2D eigenvalue weighted by Gasteiger charge is 2.25. The van der Waals surface area contributed by atoms with E-state index in [9.17, 15) is 23.5 Å². The van der Waals surface area contributed by atoms with Crippen LogP contribution in [0.4, 0.5) is 20.4 Å². The van der Waals surface area contributed by atoms with Crippen molar-refractivity contribution in [3.05, 3.63) is 92.0 Å². The van der Waals surface area contributed by atoms with Crippen molar-refractivity contribution in [2.24, 2.45) is 7.05 Å². The maximum Gasteiger partial charge on any atom is 0.356 e. The van der Waals surface area contributed by atoms with Gasteiger partial charge in [0.15, 0.2) is 5.69 Å². The SMILES string of the molecule is C[C@@H](Nc1ccc(Cl)nc1C(=O)O)c1cc(F)cc2c(=O)n(C)c(N3Cc4ccc(F)cc4C3)nc12. The first-order valence-electron chi connectivity index (χ1n) is 11.0. The fourth-order valence-corrected chi connectivity index (χ4v) is 4.65. The van der Waals surface area contributed by atoms with Gasteiger partial charge in [-0.25, -0.2) is 23.5 Å². The molecule has 2 aromatic heterocycles. The number of anilines is 2. The predicted molar refractivity (Wildman–Crippen MR) is 131 cm³/mol. The summed E-state index contributed by atoms with van der Waals surface area (Å²) in [7, 11) is 1.55. The molecule has 0 saturated carbocycles. The van der Waals surface area contributed by atoms with E-state index in [1.54, 1.807) is 20.0 Å². The summed E-state index contributed by atoms with van der Waals surface area (Å²) in [6.07, 6.45) is 0. The molecule has 0 radical (unpaired) electrons. The summed E-state index contributed by atoms with van der Waals surface area (Å²) < 4.78 is 29.7. The van der Waals surface area contributed by atoms with Gasteiger partial charge >= 0.3 is 5.97 Å². The molecule has 5 rings (SSSR count). The number of benzene rings is 2. The summed E-state index contributed by atoms with van der Waals surface area (Å²) in [5.74, 6) is -1.90. The summed E-state index contributed by atoms with van der Waals surface area (Å²) in [6.45, 7) is 2.49. The Morgan fingerprint density at radius 1 is 1.08 bits per heavy atom. The molecule has 8 nitrogen and oxygen atoms in total. The molecule has 1 aliphatic rings. The molecule has 0 saturated heterocycles. The van der Waals surface area contributed by atoms with Crippen molar-refractivity contribution >= 4 is 40.1 Å². The van der Waals surface area contributed by atoms with Crippen LogP contribution in [-0.4, -0.2) is 25.6 Å². The summed E-state index contributed by atoms with van der Waals surface area (Å²) in [4.78, 5) is 35.3. The smallest absolute Gasteiger partial charge is 0.356 e. The topological polar surface area (TPSA) is 100 Å². The van der Waals surface area contributed by atoms with Crippen LogP contribution in [0.2, 0.25) is 5.15 Å². The molecule has 0 fully saturated rings. The van der Waals surface area contributed by atoms with E-state index >= 15 is 0 Å². The lowest BCUT2D eigenvalue weighted by atomic mass is 10.0. The molecule has 0 aliphatic carbocycles. The van der Waals surface area contributed by atoms with Gasteiger partial charge in [0, 0.05) is 25.7 Å². The fraction of sp³-hybridized carbons (Fsp3) is 0.200. The molecule has 2 N–H and O–H groups in total. The van der Waals surface area contributed by atoms with Gasteiger partial charge in [0.2, 0.25) is 5.95 Å². The Bertz CT molecular complexity index is 1610. The fourth-order valence-electron chi connectivity index (χ4n) is 4.50. The monoisotopic (exact) mass is 511 g/mol. The van der Waals surface area contributed by atoms with Crippen LogP contribution in [0.3, 0.4) is 0 Å². The van der Waals surface area contributed by atoms with Gasteiger partial charge in [-0.3, -0.25) is 9.36 Å². The number of carboxylic acids is 1. The molecule has 1 aliphatic heterocycles. The molecule has 11 heteroatoms. The van der Waals surface area contributed by atoms with Crippen LogP contribution >= 0.6 is 11.6 Å². The van der Waals surface area contributed by atoms with Crippen molar-refractivity contribution in [2.75, 3.05) is 10.2 Å². The van der Waals surface area contributed by atoms with E-state index in [1.807, 2.05) is 4.90 Å². The molecule has 0 spiro atoms. The number of nitrogens with zero attached hydrogens (tertiary/aromatic N) is 4. The minimum Gasteiger partial charge on any atom is -0.476 e. The van der Waals surface area contributed by atoms with Crippen molar-refractivity contribution in [3.63, 3.8) is 0 Å². The average molecular weight is 512 g/mol. The number of pyridine rings is 1.